The summed E-state index contributed by atoms with van der Waals surface area (Å²) in [6.07, 6.45) is 3.49. The van der Waals surface area contributed by atoms with Crippen LogP contribution < -0.4 is 10.5 Å². The lowest BCUT2D eigenvalue weighted by Gasteiger charge is -2.26. The molecule has 1 saturated heterocycles. The van der Waals surface area contributed by atoms with E-state index in [0.717, 1.165) is 5.56 Å². The highest BCUT2D eigenvalue weighted by Crippen LogP contribution is 2.48. The fourth-order valence-corrected chi connectivity index (χ4v) is 6.49. The molecular formula is C17H22N6O4S2. The van der Waals surface area contributed by atoms with Gasteiger partial charge in [-0.15, -0.1) is 0 Å². The summed E-state index contributed by atoms with van der Waals surface area (Å²) >= 11 is 0. The number of aryl methyl sites for hydroxylation is 1. The second kappa shape index (κ2) is 7.22. The molecule has 2 aromatic heterocycles. The summed E-state index contributed by atoms with van der Waals surface area (Å²) in [6, 6.07) is 4.83. The van der Waals surface area contributed by atoms with E-state index in [9.17, 15) is 17.5 Å². The SMILES string of the molecule is Cc1ccc(S(=O)(=O)NCC2CCS(O)(O)C2)cc1-c1cnc2c(N)ncnn12. The van der Waals surface area contributed by atoms with Crippen LogP contribution >= 0.6 is 10.6 Å². The molecular weight excluding hydrogens is 416 g/mol. The van der Waals surface area contributed by atoms with E-state index in [4.69, 9.17) is 5.73 Å². The second-order valence-corrected chi connectivity index (χ2v) is 11.3. The van der Waals surface area contributed by atoms with Crippen molar-refractivity contribution in [2.75, 3.05) is 23.8 Å². The number of anilines is 1. The van der Waals surface area contributed by atoms with Crippen molar-refractivity contribution in [3.63, 3.8) is 0 Å². The van der Waals surface area contributed by atoms with Crippen LogP contribution in [0, 0.1) is 12.8 Å². The van der Waals surface area contributed by atoms with Crippen molar-refractivity contribution in [2.24, 2.45) is 5.92 Å². The van der Waals surface area contributed by atoms with E-state index < -0.39 is 20.6 Å². The molecule has 1 aliphatic heterocycles. The van der Waals surface area contributed by atoms with Gasteiger partial charge in [-0.1, -0.05) is 6.07 Å². The van der Waals surface area contributed by atoms with E-state index in [1.807, 2.05) is 6.92 Å². The molecule has 1 aromatic carbocycles. The number of nitrogen functional groups attached to an aromatic ring is 1. The highest BCUT2D eigenvalue weighted by molar-refractivity contribution is 8.24. The van der Waals surface area contributed by atoms with Gasteiger partial charge in [0.1, 0.15) is 6.33 Å². The van der Waals surface area contributed by atoms with Crippen LogP contribution in [0.5, 0.6) is 0 Å². The Bertz CT molecular complexity index is 1180. The van der Waals surface area contributed by atoms with Crippen LogP contribution in [0.25, 0.3) is 16.9 Å². The lowest BCUT2D eigenvalue weighted by Crippen LogP contribution is -2.29. The Labute approximate surface area is 169 Å². The Balaban J connectivity index is 1.63. The number of aromatic nitrogens is 4. The first-order valence-electron chi connectivity index (χ1n) is 8.95. The third-order valence-corrected chi connectivity index (χ3v) is 8.36. The average molecular weight is 439 g/mol. The molecule has 1 unspecified atom stereocenters. The molecule has 5 N–H and O–H groups in total. The van der Waals surface area contributed by atoms with Crippen LogP contribution in [0.4, 0.5) is 5.82 Å². The number of rotatable bonds is 5. The minimum atomic E-state index is -3.77. The van der Waals surface area contributed by atoms with Crippen molar-refractivity contribution in [1.29, 1.82) is 0 Å². The molecule has 1 fully saturated rings. The standard InChI is InChI=1S/C17H22N6O4S2/c1-11-2-3-13(29(26,27)22-7-12-4-5-28(24,25)9-12)6-14(11)15-8-19-17-16(18)20-10-21-23(15)17/h2-3,6,8,10,12,22,24-25H,4-5,7,9H2,1H3,(H2,18,20,21). The van der Waals surface area contributed by atoms with Crippen LogP contribution in [0.3, 0.4) is 0 Å². The summed E-state index contributed by atoms with van der Waals surface area (Å²) in [4.78, 5) is 8.25. The molecule has 3 heterocycles. The Morgan fingerprint density at radius 3 is 2.86 bits per heavy atom. The zero-order chi connectivity index (χ0) is 20.8. The number of hydrogen-bond acceptors (Lipinski definition) is 8. The van der Waals surface area contributed by atoms with E-state index in [1.54, 1.807) is 18.3 Å². The van der Waals surface area contributed by atoms with Crippen molar-refractivity contribution in [1.82, 2.24) is 24.3 Å². The molecule has 29 heavy (non-hydrogen) atoms. The first-order valence-corrected chi connectivity index (χ1v) is 12.3. The van der Waals surface area contributed by atoms with Gasteiger partial charge in [0.05, 0.1) is 16.8 Å². The van der Waals surface area contributed by atoms with Crippen molar-refractivity contribution in [2.45, 2.75) is 18.2 Å². The maximum atomic E-state index is 12.8. The molecule has 0 saturated carbocycles. The Morgan fingerprint density at radius 2 is 2.14 bits per heavy atom. The summed E-state index contributed by atoms with van der Waals surface area (Å²) in [7, 11) is -6.33. The number of nitrogens with zero attached hydrogens (tertiary/aromatic N) is 4. The lowest BCUT2D eigenvalue weighted by atomic mass is 10.1. The van der Waals surface area contributed by atoms with Gasteiger partial charge in [-0.3, -0.25) is 9.11 Å². The lowest BCUT2D eigenvalue weighted by molar-refractivity contribution is 0.490. The molecule has 0 aliphatic carbocycles. The predicted molar refractivity (Wildman–Crippen MR) is 111 cm³/mol. The van der Waals surface area contributed by atoms with Gasteiger partial charge in [0.15, 0.2) is 11.5 Å². The van der Waals surface area contributed by atoms with Gasteiger partial charge in [-0.25, -0.2) is 27.6 Å². The molecule has 0 spiro atoms. The smallest absolute Gasteiger partial charge is 0.240 e. The summed E-state index contributed by atoms with van der Waals surface area (Å²) in [5, 5.41) is 4.17. The molecule has 3 aromatic rings. The van der Waals surface area contributed by atoms with E-state index in [-0.39, 0.29) is 28.9 Å². The molecule has 1 atom stereocenters. The monoisotopic (exact) mass is 438 g/mol. The summed E-state index contributed by atoms with van der Waals surface area (Å²) in [5.41, 5.74) is 8.35. The van der Waals surface area contributed by atoms with E-state index >= 15 is 0 Å². The maximum absolute atomic E-state index is 12.8. The number of fused-ring (bicyclic) bond motifs is 1. The van der Waals surface area contributed by atoms with Gasteiger partial charge >= 0.3 is 0 Å². The van der Waals surface area contributed by atoms with Crippen LogP contribution in [0.1, 0.15) is 12.0 Å². The third kappa shape index (κ3) is 3.94. The molecule has 0 amide bonds. The highest BCUT2D eigenvalue weighted by atomic mass is 32.3. The minimum absolute atomic E-state index is 0.0851. The van der Waals surface area contributed by atoms with Crippen molar-refractivity contribution >= 4 is 32.1 Å². The molecule has 156 valence electrons. The normalized spacial score (nSPS) is 20.2. The Hall–Kier alpha value is -2.25. The number of nitrogens with two attached hydrogens (primary N) is 1. The fourth-order valence-electron chi connectivity index (χ4n) is 3.43. The van der Waals surface area contributed by atoms with Crippen LogP contribution in [0.15, 0.2) is 35.6 Å². The highest BCUT2D eigenvalue weighted by Gasteiger charge is 2.29. The zero-order valence-electron chi connectivity index (χ0n) is 15.7. The van der Waals surface area contributed by atoms with Crippen molar-refractivity contribution < 1.29 is 17.5 Å². The molecule has 10 nitrogen and oxygen atoms in total. The summed E-state index contributed by atoms with van der Waals surface area (Å²) < 4.78 is 49.2. The van der Waals surface area contributed by atoms with Gasteiger partial charge < -0.3 is 5.73 Å². The fraction of sp³-hybridized carbons (Fsp3) is 0.353. The number of nitrogens with one attached hydrogen (secondary N) is 1. The molecule has 0 radical (unpaired) electrons. The molecule has 12 heteroatoms. The quantitative estimate of drug-likeness (QED) is 0.469. The van der Waals surface area contributed by atoms with Gasteiger partial charge in [-0.05, 0) is 37.0 Å². The maximum Gasteiger partial charge on any atom is 0.240 e. The van der Waals surface area contributed by atoms with Gasteiger partial charge in [0, 0.05) is 23.6 Å². The minimum Gasteiger partial charge on any atom is -0.381 e. The van der Waals surface area contributed by atoms with Gasteiger partial charge in [0.25, 0.3) is 0 Å². The predicted octanol–water partition coefficient (Wildman–Crippen LogP) is 1.73. The van der Waals surface area contributed by atoms with Crippen molar-refractivity contribution in [3.05, 3.63) is 36.3 Å². The third-order valence-electron chi connectivity index (χ3n) is 5.04. The molecule has 0 bridgehead atoms. The van der Waals surface area contributed by atoms with Crippen LogP contribution in [0.2, 0.25) is 0 Å². The topological polar surface area (TPSA) is 156 Å². The number of benzene rings is 1. The van der Waals surface area contributed by atoms with Crippen molar-refractivity contribution in [3.8, 4) is 11.3 Å². The second-order valence-electron chi connectivity index (χ2n) is 7.18. The molecule has 1 aliphatic rings. The average Bonchev–Trinajstić information content (AvgIpc) is 3.24. The number of sulfonamides is 1. The van der Waals surface area contributed by atoms with Crippen LogP contribution in [-0.4, -0.2) is 55.2 Å². The summed E-state index contributed by atoms with van der Waals surface area (Å²) in [6.45, 7) is 2.03. The van der Waals surface area contributed by atoms with Crippen LogP contribution in [-0.2, 0) is 10.0 Å². The number of imidazole rings is 1. The first-order chi connectivity index (χ1) is 13.7. The van der Waals surface area contributed by atoms with Gasteiger partial charge in [-0.2, -0.15) is 15.7 Å². The Morgan fingerprint density at radius 1 is 1.34 bits per heavy atom. The molecule has 4 rings (SSSR count). The zero-order valence-corrected chi connectivity index (χ0v) is 17.3. The number of hydrogen-bond donors (Lipinski definition) is 4. The first kappa shape index (κ1) is 20.0. The van der Waals surface area contributed by atoms with E-state index in [2.05, 4.69) is 19.8 Å². The van der Waals surface area contributed by atoms with Gasteiger partial charge in [0.2, 0.25) is 10.0 Å². The summed E-state index contributed by atoms with van der Waals surface area (Å²) in [5.74, 6) is 0.709. The Kier molecular flexibility index (Phi) is 4.99. The van der Waals surface area contributed by atoms with E-state index in [0.29, 0.717) is 29.1 Å². The van der Waals surface area contributed by atoms with E-state index in [1.165, 1.54) is 16.9 Å². The largest absolute Gasteiger partial charge is 0.381 e.